The van der Waals surface area contributed by atoms with Gasteiger partial charge in [-0.3, -0.25) is 0 Å². The van der Waals surface area contributed by atoms with Crippen LogP contribution in [0.1, 0.15) is 56.1 Å². The van der Waals surface area contributed by atoms with Crippen LogP contribution in [0.15, 0.2) is 165 Å². The van der Waals surface area contributed by atoms with E-state index in [4.69, 9.17) is 9.47 Å². The van der Waals surface area contributed by atoms with Crippen molar-refractivity contribution in [2.45, 2.75) is 51.0 Å². The van der Waals surface area contributed by atoms with E-state index < -0.39 is 8.80 Å². The van der Waals surface area contributed by atoms with Crippen molar-refractivity contribution in [3.05, 3.63) is 176 Å². The average molecular weight is 668 g/mol. The molecule has 5 aliphatic rings. The second kappa shape index (κ2) is 12.5. The van der Waals surface area contributed by atoms with Crippen LogP contribution < -0.4 is 9.47 Å². The molecular weight excluding hydrogens is 625 g/mol. The van der Waals surface area contributed by atoms with Crippen molar-refractivity contribution in [3.8, 4) is 11.5 Å². The van der Waals surface area contributed by atoms with Gasteiger partial charge in [-0.25, -0.2) is 0 Å². The van der Waals surface area contributed by atoms with E-state index in [2.05, 4.69) is 135 Å². The van der Waals surface area contributed by atoms with Gasteiger partial charge in [0, 0.05) is 17.8 Å². The number of hydrogen-bond donors (Lipinski definition) is 0. The summed E-state index contributed by atoms with van der Waals surface area (Å²) in [6.45, 7) is 4.92. The van der Waals surface area contributed by atoms with Gasteiger partial charge in [-0.05, 0) is 106 Å². The fourth-order valence-corrected chi connectivity index (χ4v) is 13.3. The van der Waals surface area contributed by atoms with Gasteiger partial charge in [-0.1, -0.05) is 131 Å². The van der Waals surface area contributed by atoms with E-state index in [-0.39, 0.29) is 11.8 Å². The third-order valence-electron chi connectivity index (χ3n) is 11.8. The van der Waals surface area contributed by atoms with Crippen LogP contribution >= 0.6 is 0 Å². The molecule has 3 unspecified atom stereocenters. The standard InChI is InChI=1S/C47H43O2Si/c1-29-24-37-10-5-6-11-41(35-17-15-33-27-38(48-3)21-19-31(33)25-35)44(37)46(29)50-23-9-14-40-30(2)47(50)45-42(12-7-8-13-43(40)45)36-18-16-34-28-39(49-4)22-20-32(34)26-36/h5-8,10-13,15-22,25-28,40-42H,9,14,23-24H2,1-4H3. The summed E-state index contributed by atoms with van der Waals surface area (Å²) in [6, 6.07) is 28.3. The fraction of sp³-hybridized carbons (Fsp3) is 0.234. The molecule has 3 heteroatoms. The first-order valence-corrected chi connectivity index (χ1v) is 19.8. The van der Waals surface area contributed by atoms with Gasteiger partial charge in [0.15, 0.2) is 0 Å². The number of methoxy groups -OCH3 is 2. The molecule has 0 fully saturated rings. The Labute approximate surface area is 297 Å². The number of hydrogen-bond acceptors (Lipinski definition) is 2. The molecular formula is C47H43O2Si. The predicted molar refractivity (Wildman–Crippen MR) is 210 cm³/mol. The molecule has 0 N–H and O–H groups in total. The highest BCUT2D eigenvalue weighted by atomic mass is 28.3. The zero-order valence-corrected chi connectivity index (χ0v) is 30.4. The van der Waals surface area contributed by atoms with E-state index in [1.807, 2.05) is 0 Å². The lowest BCUT2D eigenvalue weighted by Gasteiger charge is -2.30. The number of rotatable bonds is 5. The van der Waals surface area contributed by atoms with Gasteiger partial charge in [0.2, 0.25) is 0 Å². The molecule has 2 bridgehead atoms. The minimum atomic E-state index is -1.08. The molecule has 4 aromatic rings. The van der Waals surface area contributed by atoms with E-state index in [0.717, 1.165) is 17.9 Å². The minimum absolute atomic E-state index is 0.230. The van der Waals surface area contributed by atoms with E-state index >= 15 is 0 Å². The smallest absolute Gasteiger partial charge is 0.122 e. The highest BCUT2D eigenvalue weighted by molar-refractivity contribution is 6.76. The zero-order valence-electron chi connectivity index (χ0n) is 29.4. The highest BCUT2D eigenvalue weighted by Crippen LogP contribution is 2.55. The van der Waals surface area contributed by atoms with Gasteiger partial charge in [0.25, 0.3) is 0 Å². The first kappa shape index (κ1) is 31.1. The van der Waals surface area contributed by atoms with Crippen molar-refractivity contribution in [1.29, 1.82) is 0 Å². The lowest BCUT2D eigenvalue weighted by Crippen LogP contribution is -2.26. The SMILES string of the molecule is COc1ccc2cc(C3C=CC=CC4=C3C([Si]3CCCC5C(C)=C3C3=C5C=CC=CC3c3ccc5cc(OC)ccc5c3)=C(C)C4)ccc2c1. The van der Waals surface area contributed by atoms with Crippen LogP contribution in [-0.4, -0.2) is 23.0 Å². The third kappa shape index (κ3) is 5.05. The van der Waals surface area contributed by atoms with Gasteiger partial charge in [-0.2, -0.15) is 0 Å². The number of fused-ring (bicyclic) bond motifs is 5. The Balaban J connectivity index is 1.16. The summed E-state index contributed by atoms with van der Waals surface area (Å²) in [6.07, 6.45) is 22.5. The van der Waals surface area contributed by atoms with Crippen LogP contribution in [0.5, 0.6) is 11.5 Å². The summed E-state index contributed by atoms with van der Waals surface area (Å²) in [5, 5.41) is 8.39. The Hall–Kier alpha value is -4.86. The summed E-state index contributed by atoms with van der Waals surface area (Å²) in [7, 11) is 2.40. The maximum atomic E-state index is 5.54. The van der Waals surface area contributed by atoms with Gasteiger partial charge >= 0.3 is 0 Å². The first-order valence-electron chi connectivity index (χ1n) is 18.1. The Kier molecular flexibility index (Phi) is 7.77. The van der Waals surface area contributed by atoms with Crippen LogP contribution in [0.3, 0.4) is 0 Å². The van der Waals surface area contributed by atoms with Crippen molar-refractivity contribution in [2.24, 2.45) is 5.92 Å². The molecule has 0 saturated carbocycles. The summed E-state index contributed by atoms with van der Waals surface area (Å²) in [4.78, 5) is 0. The van der Waals surface area contributed by atoms with Crippen LogP contribution in [0, 0.1) is 5.92 Å². The van der Waals surface area contributed by atoms with E-state index in [1.54, 1.807) is 52.5 Å². The predicted octanol–water partition coefficient (Wildman–Crippen LogP) is 11.8. The molecule has 2 nitrogen and oxygen atoms in total. The van der Waals surface area contributed by atoms with Crippen LogP contribution in [0.2, 0.25) is 6.04 Å². The summed E-state index contributed by atoms with van der Waals surface area (Å²) >= 11 is 0. The Bertz CT molecular complexity index is 2340. The normalized spacial score (nSPS) is 23.2. The molecule has 0 spiro atoms. The van der Waals surface area contributed by atoms with Gasteiger partial charge < -0.3 is 9.47 Å². The van der Waals surface area contributed by atoms with E-state index in [1.165, 1.54) is 57.1 Å². The first-order chi connectivity index (χ1) is 24.5. The van der Waals surface area contributed by atoms with Gasteiger partial charge in [0.1, 0.15) is 20.3 Å². The molecule has 247 valence electrons. The van der Waals surface area contributed by atoms with Crippen molar-refractivity contribution in [1.82, 2.24) is 0 Å². The number of benzene rings is 4. The molecule has 0 amide bonds. The van der Waals surface area contributed by atoms with Crippen molar-refractivity contribution < 1.29 is 9.47 Å². The van der Waals surface area contributed by atoms with Crippen LogP contribution in [-0.2, 0) is 0 Å². The lowest BCUT2D eigenvalue weighted by molar-refractivity contribution is 0.415. The topological polar surface area (TPSA) is 18.5 Å². The molecule has 4 aliphatic carbocycles. The Morgan fingerprint density at radius 2 is 1.20 bits per heavy atom. The second-order valence-electron chi connectivity index (χ2n) is 14.5. The molecule has 1 aliphatic heterocycles. The number of allylic oxidation sites excluding steroid dienone is 16. The Morgan fingerprint density at radius 3 is 1.84 bits per heavy atom. The molecule has 0 saturated heterocycles. The highest BCUT2D eigenvalue weighted by Gasteiger charge is 2.44. The molecule has 0 aromatic heterocycles. The molecule has 9 rings (SSSR count). The van der Waals surface area contributed by atoms with Gasteiger partial charge in [-0.15, -0.1) is 0 Å². The molecule has 4 aromatic carbocycles. The summed E-state index contributed by atoms with van der Waals surface area (Å²) in [5.41, 5.74) is 12.2. The third-order valence-corrected chi connectivity index (χ3v) is 15.2. The lowest BCUT2D eigenvalue weighted by atomic mass is 9.86. The molecule has 1 heterocycles. The summed E-state index contributed by atoms with van der Waals surface area (Å²) < 4.78 is 11.1. The van der Waals surface area contributed by atoms with Crippen molar-refractivity contribution in [2.75, 3.05) is 14.2 Å². The summed E-state index contributed by atoms with van der Waals surface area (Å²) in [5.74, 6) is 2.79. The van der Waals surface area contributed by atoms with Crippen molar-refractivity contribution >= 4 is 30.3 Å². The number of ether oxygens (including phenoxy) is 2. The minimum Gasteiger partial charge on any atom is -0.497 e. The molecule has 50 heavy (non-hydrogen) atoms. The zero-order chi connectivity index (χ0) is 33.9. The quantitative estimate of drug-likeness (QED) is 0.197. The average Bonchev–Trinajstić information content (AvgIpc) is 3.32. The largest absolute Gasteiger partial charge is 0.497 e. The fourth-order valence-electron chi connectivity index (χ4n) is 9.46. The van der Waals surface area contributed by atoms with Crippen LogP contribution in [0.4, 0.5) is 0 Å². The van der Waals surface area contributed by atoms with Crippen molar-refractivity contribution in [3.63, 3.8) is 0 Å². The molecule has 1 radical (unpaired) electrons. The maximum absolute atomic E-state index is 5.54. The van der Waals surface area contributed by atoms with Gasteiger partial charge in [0.05, 0.1) is 14.2 Å². The maximum Gasteiger partial charge on any atom is 0.122 e. The monoisotopic (exact) mass is 667 g/mol. The van der Waals surface area contributed by atoms with E-state index in [0.29, 0.717) is 5.92 Å². The molecule has 3 atom stereocenters. The second-order valence-corrected chi connectivity index (χ2v) is 17.0. The Morgan fingerprint density at radius 1 is 0.620 bits per heavy atom. The van der Waals surface area contributed by atoms with E-state index in [9.17, 15) is 0 Å². The van der Waals surface area contributed by atoms with Crippen LogP contribution in [0.25, 0.3) is 21.5 Å².